The average molecular weight is 556 g/mol. The lowest BCUT2D eigenvalue weighted by molar-refractivity contribution is 0.251. The van der Waals surface area contributed by atoms with E-state index in [1.807, 2.05) is 52.9 Å². The Hall–Kier alpha value is -4.31. The van der Waals surface area contributed by atoms with Crippen LogP contribution in [0.4, 0.5) is 10.6 Å². The monoisotopic (exact) mass is 555 g/mol. The van der Waals surface area contributed by atoms with Gasteiger partial charge in [-0.2, -0.15) is 5.10 Å². The lowest BCUT2D eigenvalue weighted by Crippen LogP contribution is -2.29. The number of carbonyl (C=O) groups is 1. The number of rotatable bonds is 7. The second kappa shape index (κ2) is 11.1. The molecule has 3 aromatic heterocycles. The van der Waals surface area contributed by atoms with Crippen LogP contribution in [-0.4, -0.2) is 35.5 Å². The molecule has 0 radical (unpaired) electrons. The summed E-state index contributed by atoms with van der Waals surface area (Å²) in [5.41, 5.74) is 3.06. The standard InChI is InChI=1S/C30H33N7O2S/c1-19(2)28-34-33-26-14-13-23(18-36(26)28)40-24-12-7-6-9-20(24)17-31-29(39)32-27-16-25(30(3,4)5)35-37(27)21-10-8-11-22(38)15-21/h6-16,18-19,38H,17H2,1-5H3,(H2,31,32,39). The molecule has 0 fully saturated rings. The predicted molar refractivity (Wildman–Crippen MR) is 157 cm³/mol. The summed E-state index contributed by atoms with van der Waals surface area (Å²) in [7, 11) is 0. The maximum atomic E-state index is 13.0. The Morgan fingerprint density at radius 3 is 2.58 bits per heavy atom. The average Bonchev–Trinajstić information content (AvgIpc) is 3.53. The summed E-state index contributed by atoms with van der Waals surface area (Å²) < 4.78 is 3.67. The van der Waals surface area contributed by atoms with Crippen LogP contribution in [0.3, 0.4) is 0 Å². The topological polar surface area (TPSA) is 109 Å². The fourth-order valence-corrected chi connectivity index (χ4v) is 5.18. The maximum absolute atomic E-state index is 13.0. The van der Waals surface area contributed by atoms with E-state index in [-0.39, 0.29) is 23.1 Å². The van der Waals surface area contributed by atoms with Crippen LogP contribution < -0.4 is 10.6 Å². The normalized spacial score (nSPS) is 11.8. The van der Waals surface area contributed by atoms with Gasteiger partial charge in [-0.3, -0.25) is 9.72 Å². The van der Waals surface area contributed by atoms with E-state index >= 15 is 0 Å². The highest BCUT2D eigenvalue weighted by Crippen LogP contribution is 2.31. The van der Waals surface area contributed by atoms with Gasteiger partial charge in [0.2, 0.25) is 0 Å². The molecule has 3 N–H and O–H groups in total. The second-order valence-electron chi connectivity index (χ2n) is 10.9. The minimum atomic E-state index is -0.353. The number of nitrogens with zero attached hydrogens (tertiary/aromatic N) is 5. The number of phenols is 1. The Morgan fingerprint density at radius 2 is 1.82 bits per heavy atom. The van der Waals surface area contributed by atoms with Crippen molar-refractivity contribution < 1.29 is 9.90 Å². The molecule has 0 atom stereocenters. The van der Waals surface area contributed by atoms with Gasteiger partial charge in [0, 0.05) is 46.0 Å². The first kappa shape index (κ1) is 27.3. The molecule has 0 spiro atoms. The molecule has 9 nitrogen and oxygen atoms in total. The molecule has 0 saturated heterocycles. The molecule has 0 saturated carbocycles. The van der Waals surface area contributed by atoms with Crippen molar-refractivity contribution in [1.82, 2.24) is 29.7 Å². The van der Waals surface area contributed by atoms with Crippen molar-refractivity contribution >= 4 is 29.3 Å². The van der Waals surface area contributed by atoms with Crippen LogP contribution in [0.15, 0.2) is 82.7 Å². The summed E-state index contributed by atoms with van der Waals surface area (Å²) in [6.07, 6.45) is 2.06. The summed E-state index contributed by atoms with van der Waals surface area (Å²) in [6.45, 7) is 10.7. The second-order valence-corrected chi connectivity index (χ2v) is 12.0. The third-order valence-corrected chi connectivity index (χ3v) is 7.45. The van der Waals surface area contributed by atoms with Gasteiger partial charge in [0.1, 0.15) is 17.4 Å². The zero-order chi connectivity index (χ0) is 28.4. The minimum Gasteiger partial charge on any atom is -0.508 e. The molecule has 2 aromatic carbocycles. The molecule has 5 rings (SSSR count). The van der Waals surface area contributed by atoms with Crippen molar-refractivity contribution in [2.75, 3.05) is 5.32 Å². The Balaban J connectivity index is 1.32. The van der Waals surface area contributed by atoms with E-state index in [0.717, 1.165) is 32.5 Å². The van der Waals surface area contributed by atoms with Crippen molar-refractivity contribution in [3.8, 4) is 11.4 Å². The Bertz CT molecular complexity index is 1670. The molecule has 0 unspecified atom stereocenters. The van der Waals surface area contributed by atoms with Crippen LogP contribution in [0.5, 0.6) is 5.75 Å². The first-order valence-electron chi connectivity index (χ1n) is 13.1. The van der Waals surface area contributed by atoms with E-state index in [0.29, 0.717) is 18.1 Å². The van der Waals surface area contributed by atoms with Gasteiger partial charge >= 0.3 is 6.03 Å². The molecule has 2 amide bonds. The number of aromatic nitrogens is 5. The van der Waals surface area contributed by atoms with E-state index < -0.39 is 0 Å². The van der Waals surface area contributed by atoms with Crippen molar-refractivity contribution in [3.05, 3.63) is 90.0 Å². The Morgan fingerprint density at radius 1 is 1.02 bits per heavy atom. The van der Waals surface area contributed by atoms with Crippen LogP contribution in [0.1, 0.15) is 57.6 Å². The molecular weight excluding hydrogens is 522 g/mol. The van der Waals surface area contributed by atoms with Crippen molar-refractivity contribution in [3.63, 3.8) is 0 Å². The number of amides is 2. The van der Waals surface area contributed by atoms with Crippen LogP contribution in [-0.2, 0) is 12.0 Å². The molecule has 0 aliphatic carbocycles. The van der Waals surface area contributed by atoms with E-state index in [4.69, 9.17) is 5.10 Å². The van der Waals surface area contributed by atoms with Crippen molar-refractivity contribution in [2.45, 2.75) is 62.3 Å². The van der Waals surface area contributed by atoms with Crippen molar-refractivity contribution in [1.29, 1.82) is 0 Å². The number of benzene rings is 2. The molecule has 3 heterocycles. The number of anilines is 1. The molecule has 5 aromatic rings. The minimum absolute atomic E-state index is 0.124. The van der Waals surface area contributed by atoms with Gasteiger partial charge in [0.15, 0.2) is 5.65 Å². The number of urea groups is 1. The van der Waals surface area contributed by atoms with Crippen LogP contribution >= 0.6 is 11.8 Å². The number of nitrogens with one attached hydrogen (secondary N) is 2. The van der Waals surface area contributed by atoms with Gasteiger partial charge in [-0.05, 0) is 35.9 Å². The number of carbonyl (C=O) groups excluding carboxylic acids is 1. The zero-order valence-electron chi connectivity index (χ0n) is 23.2. The highest BCUT2D eigenvalue weighted by Gasteiger charge is 2.22. The predicted octanol–water partition coefficient (Wildman–Crippen LogP) is 6.51. The molecule has 0 aliphatic rings. The van der Waals surface area contributed by atoms with Gasteiger partial charge in [-0.25, -0.2) is 9.48 Å². The van der Waals surface area contributed by atoms with Gasteiger partial charge in [0.05, 0.1) is 11.4 Å². The van der Waals surface area contributed by atoms with Gasteiger partial charge in [-0.1, -0.05) is 70.6 Å². The summed E-state index contributed by atoms with van der Waals surface area (Å²) in [6, 6.07) is 20.3. The smallest absolute Gasteiger partial charge is 0.320 e. The summed E-state index contributed by atoms with van der Waals surface area (Å²) in [4.78, 5) is 15.1. The van der Waals surface area contributed by atoms with E-state index in [1.54, 1.807) is 34.6 Å². The first-order chi connectivity index (χ1) is 19.1. The number of aromatic hydroxyl groups is 1. The van der Waals surface area contributed by atoms with Crippen molar-refractivity contribution in [2.24, 2.45) is 0 Å². The van der Waals surface area contributed by atoms with Crippen LogP contribution in [0.25, 0.3) is 11.3 Å². The molecule has 0 aliphatic heterocycles. The molecular formula is C30H33N7O2S. The molecule has 10 heteroatoms. The van der Waals surface area contributed by atoms with E-state index in [2.05, 4.69) is 61.6 Å². The Kier molecular flexibility index (Phi) is 7.53. The van der Waals surface area contributed by atoms with Gasteiger partial charge < -0.3 is 10.4 Å². The number of phenolic OH excluding ortho intramolecular Hbond substituents is 1. The quantitative estimate of drug-likeness (QED) is 0.211. The number of hydrogen-bond donors (Lipinski definition) is 3. The third-order valence-electron chi connectivity index (χ3n) is 6.35. The van der Waals surface area contributed by atoms with E-state index in [1.165, 1.54) is 0 Å². The van der Waals surface area contributed by atoms with Crippen LogP contribution in [0, 0.1) is 0 Å². The summed E-state index contributed by atoms with van der Waals surface area (Å²) in [5.74, 6) is 1.81. The molecule has 40 heavy (non-hydrogen) atoms. The Labute approximate surface area is 237 Å². The molecule has 0 bridgehead atoms. The highest BCUT2D eigenvalue weighted by atomic mass is 32.2. The molecule has 206 valence electrons. The number of pyridine rings is 1. The summed E-state index contributed by atoms with van der Waals surface area (Å²) >= 11 is 1.63. The van der Waals surface area contributed by atoms with E-state index in [9.17, 15) is 9.90 Å². The SMILES string of the molecule is CC(C)c1nnc2ccc(Sc3ccccc3CNC(=O)Nc3cc(C(C)(C)C)nn3-c3cccc(O)c3)cn12. The maximum Gasteiger partial charge on any atom is 0.320 e. The summed E-state index contributed by atoms with van der Waals surface area (Å²) in [5, 5.41) is 29.2. The van der Waals surface area contributed by atoms with Crippen LogP contribution in [0.2, 0.25) is 0 Å². The number of fused-ring (bicyclic) bond motifs is 1. The highest BCUT2D eigenvalue weighted by molar-refractivity contribution is 7.99. The lowest BCUT2D eigenvalue weighted by atomic mass is 9.92. The van der Waals surface area contributed by atoms with Gasteiger partial charge in [0.25, 0.3) is 0 Å². The van der Waals surface area contributed by atoms with Gasteiger partial charge in [-0.15, -0.1) is 10.2 Å². The first-order valence-corrected chi connectivity index (χ1v) is 14.0. The fourth-order valence-electron chi connectivity index (χ4n) is 4.21. The largest absolute Gasteiger partial charge is 0.508 e. The third kappa shape index (κ3) is 5.96. The fraction of sp³-hybridized carbons (Fsp3) is 0.267. The lowest BCUT2D eigenvalue weighted by Gasteiger charge is -2.14. The number of hydrogen-bond acceptors (Lipinski definition) is 6. The zero-order valence-corrected chi connectivity index (χ0v) is 24.0.